The molecule has 1 saturated heterocycles. The van der Waals surface area contributed by atoms with Gasteiger partial charge in [-0.3, -0.25) is 14.6 Å². The Labute approximate surface area is 255 Å². The van der Waals surface area contributed by atoms with Crippen molar-refractivity contribution in [1.29, 1.82) is 0 Å². The van der Waals surface area contributed by atoms with E-state index in [0.717, 1.165) is 5.56 Å². The lowest BCUT2D eigenvalue weighted by Crippen LogP contribution is -2.58. The summed E-state index contributed by atoms with van der Waals surface area (Å²) in [4.78, 5) is 56.9. The highest BCUT2D eigenvalue weighted by molar-refractivity contribution is 6.01. The summed E-state index contributed by atoms with van der Waals surface area (Å²) in [6, 6.07) is 9.28. The average Bonchev–Trinajstić information content (AvgIpc) is 3.01. The van der Waals surface area contributed by atoms with Gasteiger partial charge in [-0.15, -0.1) is 0 Å². The van der Waals surface area contributed by atoms with Crippen LogP contribution in [-0.4, -0.2) is 68.5 Å². The van der Waals surface area contributed by atoms with E-state index >= 15 is 4.39 Å². The molecular weight excluding hydrogens is 561 g/mol. The lowest BCUT2D eigenvalue weighted by molar-refractivity contribution is -0.128. The van der Waals surface area contributed by atoms with Crippen molar-refractivity contribution in [2.24, 2.45) is 0 Å². The molecule has 10 nitrogen and oxygen atoms in total. The second-order valence-electron chi connectivity index (χ2n) is 11.4. The Kier molecular flexibility index (Phi) is 8.31. The van der Waals surface area contributed by atoms with Crippen molar-refractivity contribution in [3.63, 3.8) is 0 Å². The van der Waals surface area contributed by atoms with Gasteiger partial charge in [0, 0.05) is 49.5 Å². The molecule has 1 aliphatic heterocycles. The summed E-state index contributed by atoms with van der Waals surface area (Å²) in [6.45, 7) is 14.0. The van der Waals surface area contributed by atoms with Gasteiger partial charge in [-0.05, 0) is 56.5 Å². The maximum Gasteiger partial charge on any atom is 0.355 e. The lowest BCUT2D eigenvalue weighted by atomic mass is 10.0. The van der Waals surface area contributed by atoms with Gasteiger partial charge in [0.2, 0.25) is 5.91 Å². The molecule has 0 aliphatic carbocycles. The molecule has 3 aromatic heterocycles. The number of nitrogens with one attached hydrogen (secondary N) is 1. The standard InChI is InChI=1S/C33H36FN7O3/c1-8-26(42)39-16-21(6)40(17-20(39)5)30-24-15-25(34)28(22-11-9-10-12-23(22)32(43)35-7)37-31(24)41(33(44)38-30)29-19(4)13-14-36-27(29)18(2)3/h8-15,18,20-21H,1,16-17H2,2-7H3,(H,35,43). The van der Waals surface area contributed by atoms with Gasteiger partial charge in [-0.1, -0.05) is 38.6 Å². The van der Waals surface area contributed by atoms with E-state index in [0.29, 0.717) is 29.9 Å². The summed E-state index contributed by atoms with van der Waals surface area (Å²) in [7, 11) is 1.50. The number of rotatable bonds is 6. The van der Waals surface area contributed by atoms with Crippen LogP contribution >= 0.6 is 0 Å². The van der Waals surface area contributed by atoms with E-state index in [4.69, 9.17) is 4.98 Å². The van der Waals surface area contributed by atoms with Crippen molar-refractivity contribution in [3.05, 3.63) is 88.4 Å². The van der Waals surface area contributed by atoms with E-state index in [-0.39, 0.29) is 52.2 Å². The fraction of sp³-hybridized carbons (Fsp3) is 0.333. The summed E-state index contributed by atoms with van der Waals surface area (Å²) in [5, 5.41) is 2.92. The number of piperazine rings is 1. The third-order valence-corrected chi connectivity index (χ3v) is 8.10. The van der Waals surface area contributed by atoms with Gasteiger partial charge in [-0.25, -0.2) is 18.7 Å². The minimum atomic E-state index is -0.671. The quantitative estimate of drug-likeness (QED) is 0.328. The normalized spacial score (nSPS) is 16.8. The number of halogens is 1. The summed E-state index contributed by atoms with van der Waals surface area (Å²) in [6.07, 6.45) is 2.97. The fourth-order valence-electron chi connectivity index (χ4n) is 5.87. The smallest absolute Gasteiger partial charge is 0.355 e. The number of amides is 2. The van der Waals surface area contributed by atoms with Gasteiger partial charge in [0.05, 0.1) is 16.8 Å². The van der Waals surface area contributed by atoms with Crippen molar-refractivity contribution in [1.82, 2.24) is 29.7 Å². The first kappa shape index (κ1) is 30.5. The second-order valence-corrected chi connectivity index (χ2v) is 11.4. The Balaban J connectivity index is 1.84. The van der Waals surface area contributed by atoms with Crippen molar-refractivity contribution >= 4 is 28.7 Å². The van der Waals surface area contributed by atoms with Crippen molar-refractivity contribution in [2.45, 2.75) is 52.6 Å². The molecule has 228 valence electrons. The number of pyridine rings is 2. The molecule has 1 N–H and O–H groups in total. The summed E-state index contributed by atoms with van der Waals surface area (Å²) in [5.74, 6) is -1.02. The second kappa shape index (κ2) is 12.0. The van der Waals surface area contributed by atoms with Crippen LogP contribution in [0, 0.1) is 12.7 Å². The number of carbonyl (C=O) groups is 2. The average molecular weight is 598 g/mol. The van der Waals surface area contributed by atoms with Crippen molar-refractivity contribution in [3.8, 4) is 16.9 Å². The van der Waals surface area contributed by atoms with Crippen LogP contribution in [0.4, 0.5) is 10.2 Å². The van der Waals surface area contributed by atoms with Gasteiger partial charge in [0.25, 0.3) is 5.91 Å². The van der Waals surface area contributed by atoms with Gasteiger partial charge >= 0.3 is 5.69 Å². The van der Waals surface area contributed by atoms with Crippen LogP contribution in [0.25, 0.3) is 28.0 Å². The van der Waals surface area contributed by atoms with Crippen LogP contribution in [0.15, 0.2) is 60.0 Å². The largest absolute Gasteiger partial charge is 0.355 e. The number of fused-ring (bicyclic) bond motifs is 1. The topological polar surface area (TPSA) is 113 Å². The molecule has 1 aliphatic rings. The zero-order chi connectivity index (χ0) is 31.9. The summed E-state index contributed by atoms with van der Waals surface area (Å²) < 4.78 is 17.6. The van der Waals surface area contributed by atoms with Crippen LogP contribution < -0.4 is 15.9 Å². The van der Waals surface area contributed by atoms with E-state index in [2.05, 4.69) is 21.9 Å². The first-order valence-electron chi connectivity index (χ1n) is 14.6. The number of carbonyl (C=O) groups excluding carboxylic acids is 2. The predicted molar refractivity (Wildman–Crippen MR) is 169 cm³/mol. The highest BCUT2D eigenvalue weighted by atomic mass is 19.1. The molecular formula is C33H36FN7O3. The molecule has 5 rings (SSSR count). The number of benzene rings is 1. The molecule has 4 aromatic rings. The molecule has 44 heavy (non-hydrogen) atoms. The SMILES string of the molecule is C=CC(=O)N1CC(C)N(c2nc(=O)n(-c3c(C)ccnc3C(C)C)c3nc(-c4ccccc4C(=O)NC)c(F)cc23)CC1C. The van der Waals surface area contributed by atoms with E-state index in [1.807, 2.05) is 39.5 Å². The number of nitrogens with zero attached hydrogens (tertiary/aromatic N) is 6. The minimum Gasteiger partial charge on any atom is -0.355 e. The molecule has 4 heterocycles. The van der Waals surface area contributed by atoms with Crippen LogP contribution in [-0.2, 0) is 4.79 Å². The highest BCUT2D eigenvalue weighted by Gasteiger charge is 2.34. The minimum absolute atomic E-state index is 0.0447. The zero-order valence-electron chi connectivity index (χ0n) is 25.8. The fourth-order valence-corrected chi connectivity index (χ4v) is 5.87. The van der Waals surface area contributed by atoms with E-state index in [9.17, 15) is 14.4 Å². The molecule has 2 amide bonds. The lowest BCUT2D eigenvalue weighted by Gasteiger charge is -2.44. The Hall–Kier alpha value is -4.93. The molecule has 0 spiro atoms. The molecule has 11 heteroatoms. The van der Waals surface area contributed by atoms with Crippen LogP contribution in [0.5, 0.6) is 0 Å². The van der Waals surface area contributed by atoms with E-state index in [1.165, 1.54) is 23.8 Å². The van der Waals surface area contributed by atoms with Crippen molar-refractivity contribution < 1.29 is 14.0 Å². The Morgan fingerprint density at radius 1 is 1.11 bits per heavy atom. The number of hydrogen-bond donors (Lipinski definition) is 1. The van der Waals surface area contributed by atoms with Gasteiger partial charge in [0.15, 0.2) is 5.65 Å². The predicted octanol–water partition coefficient (Wildman–Crippen LogP) is 4.38. The molecule has 0 saturated carbocycles. The molecule has 0 radical (unpaired) electrons. The first-order chi connectivity index (χ1) is 21.0. The highest BCUT2D eigenvalue weighted by Crippen LogP contribution is 2.34. The molecule has 0 bridgehead atoms. The van der Waals surface area contributed by atoms with E-state index < -0.39 is 17.4 Å². The zero-order valence-corrected chi connectivity index (χ0v) is 25.8. The van der Waals surface area contributed by atoms with Crippen LogP contribution in [0.1, 0.15) is 55.2 Å². The third-order valence-electron chi connectivity index (χ3n) is 8.10. The van der Waals surface area contributed by atoms with Crippen LogP contribution in [0.2, 0.25) is 0 Å². The molecule has 1 aromatic carbocycles. The Morgan fingerprint density at radius 2 is 1.84 bits per heavy atom. The van der Waals surface area contributed by atoms with E-state index in [1.54, 1.807) is 41.4 Å². The number of aryl methyl sites for hydroxylation is 1. The van der Waals surface area contributed by atoms with Crippen LogP contribution in [0.3, 0.4) is 0 Å². The van der Waals surface area contributed by atoms with Crippen molar-refractivity contribution in [2.75, 3.05) is 25.0 Å². The number of anilines is 1. The molecule has 1 fully saturated rings. The van der Waals surface area contributed by atoms with Gasteiger partial charge in [0.1, 0.15) is 17.3 Å². The third kappa shape index (κ3) is 5.23. The Bertz CT molecular complexity index is 1850. The maximum absolute atomic E-state index is 16.2. The summed E-state index contributed by atoms with van der Waals surface area (Å²) >= 11 is 0. The number of hydrogen-bond acceptors (Lipinski definition) is 7. The molecule has 2 unspecified atom stereocenters. The van der Waals surface area contributed by atoms with Gasteiger partial charge < -0.3 is 15.1 Å². The molecule has 2 atom stereocenters. The first-order valence-corrected chi connectivity index (χ1v) is 14.6. The van der Waals surface area contributed by atoms with Gasteiger partial charge in [-0.2, -0.15) is 4.98 Å². The number of aromatic nitrogens is 4. The maximum atomic E-state index is 16.2. The Morgan fingerprint density at radius 3 is 2.52 bits per heavy atom. The monoisotopic (exact) mass is 597 g/mol. The summed E-state index contributed by atoms with van der Waals surface area (Å²) in [5.41, 5.74) is 2.02.